The third-order valence-corrected chi connectivity index (χ3v) is 29.2. The molecule has 0 aromatic carbocycles. The second kappa shape index (κ2) is 50.7. The van der Waals surface area contributed by atoms with Crippen LogP contribution in [0.5, 0.6) is 0 Å². The van der Waals surface area contributed by atoms with Crippen LogP contribution >= 0.6 is 0 Å². The lowest BCUT2D eigenvalue weighted by molar-refractivity contribution is -0.247. The third kappa shape index (κ3) is 47.6. The molecule has 7 aliphatic heterocycles. The zero-order valence-corrected chi connectivity index (χ0v) is 92.6. The van der Waals surface area contributed by atoms with Gasteiger partial charge in [-0.3, -0.25) is 44.1 Å². The van der Waals surface area contributed by atoms with Crippen LogP contribution in [0.25, 0.3) is 0 Å². The molecular weight excluding hydrogens is 1640 g/mol. The highest BCUT2D eigenvalue weighted by molar-refractivity contribution is 5.08. The quantitative estimate of drug-likeness (QED) is 0.116. The maximum atomic E-state index is 13.1. The van der Waals surface area contributed by atoms with Crippen molar-refractivity contribution in [3.05, 3.63) is 23.5 Å². The van der Waals surface area contributed by atoms with E-state index >= 15 is 0 Å². The molecule has 6 atom stereocenters. The zero-order valence-electron chi connectivity index (χ0n) is 92.6. The molecule has 0 radical (unpaired) electrons. The molecule has 7 saturated heterocycles. The second-order valence-corrected chi connectivity index (χ2v) is 54.0. The summed E-state index contributed by atoms with van der Waals surface area (Å²) in [6, 6.07) is 5.82. The van der Waals surface area contributed by atoms with Gasteiger partial charge in [0.05, 0.1) is 65.3 Å². The molecule has 0 N–H and O–H groups in total. The van der Waals surface area contributed by atoms with Crippen molar-refractivity contribution in [1.82, 2.24) is 69.0 Å². The van der Waals surface area contributed by atoms with Crippen LogP contribution in [0, 0.1) is 34.0 Å². The summed E-state index contributed by atoms with van der Waals surface area (Å²) in [5, 5.41) is 8.65. The highest BCUT2D eigenvalue weighted by Crippen LogP contribution is 2.52. The van der Waals surface area contributed by atoms with E-state index < -0.39 is 17.9 Å². The molecule has 6 unspecified atom stereocenters. The first kappa shape index (κ1) is 118. The van der Waals surface area contributed by atoms with E-state index in [-0.39, 0.29) is 39.9 Å². The fourth-order valence-corrected chi connectivity index (χ4v) is 20.8. The first-order valence-electron chi connectivity index (χ1n) is 53.0. The molecule has 22 heteroatoms. The molecule has 770 valence electrons. The molecule has 1 aromatic rings. The molecule has 3 saturated carbocycles. The lowest BCUT2D eigenvalue weighted by atomic mass is 9.59. The van der Waals surface area contributed by atoms with Gasteiger partial charge in [-0.2, -0.15) is 23.4 Å². The average Bonchev–Trinajstić information content (AvgIpc) is 1.03. The lowest BCUT2D eigenvalue weighted by Crippen LogP contribution is -2.61. The van der Waals surface area contributed by atoms with Crippen molar-refractivity contribution >= 4 is 0 Å². The van der Waals surface area contributed by atoms with Crippen molar-refractivity contribution in [2.45, 2.75) is 451 Å². The summed E-state index contributed by atoms with van der Waals surface area (Å²) in [6.45, 7) is 114. The average molecular weight is 1860 g/mol. The van der Waals surface area contributed by atoms with Gasteiger partial charge < -0.3 is 38.4 Å². The van der Waals surface area contributed by atoms with Crippen molar-refractivity contribution in [3.63, 3.8) is 0 Å². The number of piperazine rings is 4. The van der Waals surface area contributed by atoms with Crippen molar-refractivity contribution in [1.29, 1.82) is 0 Å². The van der Waals surface area contributed by atoms with Gasteiger partial charge in [0.2, 0.25) is 0 Å². The Morgan fingerprint density at radius 3 is 1.20 bits per heavy atom. The largest absolute Gasteiger partial charge is 0.414 e. The number of ether oxygens (including phenoxy) is 5. The predicted octanol–water partition coefficient (Wildman–Crippen LogP) is 21.4. The van der Waals surface area contributed by atoms with Gasteiger partial charge in [0.15, 0.2) is 6.10 Å². The SMILES string of the molecule is CC(C)(C)CCC1CCN(CCOC(C)(C)C)C1.CC(C)(C)CCN1CCCN(CCOC(C)(C)C)CC1.CC(C)(C)N1CCN(C2CC3(CCN(C(C)(C)C)CC3)C2)CC1.CC(C)(C)OC(CCN1CCN(C(C)(C)C)CC1)C(F)(F)F.CC(C)(C)OC1CCC2CCC(N3CCN(C(C)(C)C)CC3)CC2C1.CC(C)(C)OCc1ccc(CN2CCN(C(C)(C)C)CC2)nn1. The van der Waals surface area contributed by atoms with Crippen molar-refractivity contribution in [2.24, 2.45) is 34.0 Å². The number of fused-ring (bicyclic) bond motifs is 1. The number of piperidine rings is 1. The van der Waals surface area contributed by atoms with E-state index in [2.05, 4.69) is 283 Å². The van der Waals surface area contributed by atoms with Crippen LogP contribution in [0.4, 0.5) is 13.2 Å². The normalized spacial score (nSPS) is 25.0. The monoisotopic (exact) mass is 1860 g/mol. The number of hydrogen-bond donors (Lipinski definition) is 0. The Bertz CT molecular complexity index is 3250. The van der Waals surface area contributed by atoms with Gasteiger partial charge in [-0.15, -0.1) is 0 Å². The van der Waals surface area contributed by atoms with E-state index in [4.69, 9.17) is 23.7 Å². The van der Waals surface area contributed by atoms with Crippen LogP contribution in [0.15, 0.2) is 12.1 Å². The Morgan fingerprint density at radius 2 is 0.771 bits per heavy atom. The number of nitrogens with zero attached hydrogens (tertiary/aromatic N) is 14. The van der Waals surface area contributed by atoms with Gasteiger partial charge >= 0.3 is 6.18 Å². The van der Waals surface area contributed by atoms with Gasteiger partial charge in [-0.05, 0) is 396 Å². The molecule has 0 amide bonds. The van der Waals surface area contributed by atoms with Crippen LogP contribution < -0.4 is 0 Å². The highest BCUT2D eigenvalue weighted by atomic mass is 19.4. The van der Waals surface area contributed by atoms with Gasteiger partial charge in [0.1, 0.15) is 0 Å². The van der Waals surface area contributed by atoms with Crippen LogP contribution in [0.3, 0.4) is 0 Å². The van der Waals surface area contributed by atoms with E-state index in [1.54, 1.807) is 20.8 Å². The van der Waals surface area contributed by atoms with Gasteiger partial charge in [0.25, 0.3) is 0 Å². The van der Waals surface area contributed by atoms with Crippen LogP contribution in [-0.4, -0.2) is 352 Å². The molecule has 10 fully saturated rings. The van der Waals surface area contributed by atoms with Crippen molar-refractivity contribution in [2.75, 3.05) is 196 Å². The van der Waals surface area contributed by atoms with Crippen LogP contribution in [0.1, 0.15) is 363 Å². The van der Waals surface area contributed by atoms with E-state index in [1.165, 1.54) is 208 Å². The summed E-state index contributed by atoms with van der Waals surface area (Å²) in [4.78, 5) is 30.8. The Hall–Kier alpha value is -1.81. The predicted molar refractivity (Wildman–Crippen MR) is 547 cm³/mol. The molecule has 1 aromatic heterocycles. The second-order valence-electron chi connectivity index (χ2n) is 54.0. The summed E-state index contributed by atoms with van der Waals surface area (Å²) in [5.41, 5.74) is 4.04. The zero-order chi connectivity index (χ0) is 98.4. The number of halogens is 3. The minimum Gasteiger partial charge on any atom is -0.375 e. The van der Waals surface area contributed by atoms with Gasteiger partial charge in [0, 0.05) is 190 Å². The van der Waals surface area contributed by atoms with E-state index in [0.717, 1.165) is 126 Å². The van der Waals surface area contributed by atoms with Gasteiger partial charge in [-0.25, -0.2) is 0 Å². The molecule has 10 aliphatic rings. The molecule has 19 nitrogen and oxygen atoms in total. The van der Waals surface area contributed by atoms with Crippen molar-refractivity contribution in [3.8, 4) is 0 Å². The number of hydrogen-bond acceptors (Lipinski definition) is 19. The maximum absolute atomic E-state index is 13.1. The standard InChI is InChI=1S/C22H42N2O.C20H39N3.C18H32N4O.C17H36N2O.C16H31F3N2O.C16H33NO/c1-21(2,3)24-13-11-23(12-14-24)19-9-7-17-8-10-20(16-18(17)15-19)25-22(4,5)6;1-18(2,3)22-9-7-20(8-10-22)15-17(16-20)21-11-13-23(14-12-21)19(4,5)6;1-17(2,3)22-11-9-21(10-12-22)13-15-7-8-16(20-19-15)14-23-18(4,5)6;1-16(2,3)8-11-18-9-7-10-19(13-12-18)14-15-20-17(4,5)6;1-14(2,3)21-11-9-20(10-12-21)8-7-13(16(17,18)19)22-15(4,5)6;1-15(2,3)9-7-14-8-10-17(13-14)11-12-18-16(4,5)6/h17-20H,7-16H2,1-6H3;17H,7-16H2,1-6H3;7-8H,9-14H2,1-6H3;7-15H2,1-6H3;13H,7-12H2,1-6H3;14H,7-13H2,1-6H3. The lowest BCUT2D eigenvalue weighted by Gasteiger charge is -2.58. The minimum absolute atomic E-state index is 0.00368. The molecule has 3 aliphatic carbocycles. The smallest absolute Gasteiger partial charge is 0.375 e. The number of rotatable bonds is 21. The van der Waals surface area contributed by atoms with E-state index in [9.17, 15) is 13.2 Å². The fraction of sp³-hybridized carbons (Fsp3) is 0.963. The molecule has 131 heavy (non-hydrogen) atoms. The van der Waals surface area contributed by atoms with Gasteiger partial charge in [-0.1, -0.05) is 41.5 Å². The van der Waals surface area contributed by atoms with Crippen molar-refractivity contribution < 1.29 is 36.9 Å². The number of likely N-dealkylation sites (tertiary alicyclic amines) is 2. The molecule has 8 heterocycles. The van der Waals surface area contributed by atoms with E-state index in [1.807, 2.05) is 26.8 Å². The molecule has 0 bridgehead atoms. The number of aromatic nitrogens is 2. The maximum Gasteiger partial charge on any atom is 0.414 e. The first-order valence-corrected chi connectivity index (χ1v) is 53.0. The molecule has 11 rings (SSSR count). The topological polar surface area (TPSA) is 111 Å². The Kier molecular flexibility index (Phi) is 45.7. The summed E-state index contributed by atoms with van der Waals surface area (Å²) in [5.74, 6) is 2.80. The Morgan fingerprint density at radius 1 is 0.366 bits per heavy atom. The summed E-state index contributed by atoms with van der Waals surface area (Å²) in [6.07, 6.45) is 15.3. The summed E-state index contributed by atoms with van der Waals surface area (Å²) < 4.78 is 68.1. The van der Waals surface area contributed by atoms with E-state index in [0.29, 0.717) is 52.1 Å². The first-order chi connectivity index (χ1) is 59.9. The van der Waals surface area contributed by atoms with Crippen LogP contribution in [0.2, 0.25) is 0 Å². The molecule has 1 spiro atoms. The fourth-order valence-electron chi connectivity index (χ4n) is 20.8. The minimum atomic E-state index is -4.31. The highest BCUT2D eigenvalue weighted by Gasteiger charge is 2.50. The Labute approximate surface area is 806 Å². The molecular formula is C109H213F3N14O5. The summed E-state index contributed by atoms with van der Waals surface area (Å²) >= 11 is 0. The number of alkyl halides is 3. The third-order valence-electron chi connectivity index (χ3n) is 29.2. The Balaban J connectivity index is 0.000000243. The van der Waals surface area contributed by atoms with Crippen LogP contribution in [-0.2, 0) is 36.8 Å². The summed E-state index contributed by atoms with van der Waals surface area (Å²) in [7, 11) is 0.